The van der Waals surface area contributed by atoms with Crippen LogP contribution in [-0.2, 0) is 0 Å². The van der Waals surface area contributed by atoms with Gasteiger partial charge in [0.25, 0.3) is 0 Å². The van der Waals surface area contributed by atoms with E-state index in [1.165, 1.54) is 0 Å². The maximum atomic E-state index is 9.11. The predicted molar refractivity (Wildman–Crippen MR) is 41.4 cm³/mol. The van der Waals surface area contributed by atoms with Gasteiger partial charge in [0.05, 0.1) is 13.2 Å². The van der Waals surface area contributed by atoms with Crippen LogP contribution in [0.3, 0.4) is 0 Å². The molecule has 0 saturated carbocycles. The number of hydrogen-bond acceptors (Lipinski definition) is 7. The summed E-state index contributed by atoms with van der Waals surface area (Å²) in [5.74, 6) is 0. The van der Waals surface area contributed by atoms with Gasteiger partial charge in [-0.3, -0.25) is 0 Å². The van der Waals surface area contributed by atoms with E-state index in [1.54, 1.807) is 0 Å². The number of oxime groups is 1. The Bertz CT molecular complexity index is 173. The van der Waals surface area contributed by atoms with Crippen LogP contribution in [0.5, 0.6) is 0 Å². The van der Waals surface area contributed by atoms with Crippen molar-refractivity contribution in [1.29, 1.82) is 0 Å². The van der Waals surface area contributed by atoms with Crippen molar-refractivity contribution in [3.8, 4) is 0 Å². The van der Waals surface area contributed by atoms with E-state index >= 15 is 0 Å². The minimum atomic E-state index is -1.71. The molecule has 6 N–H and O–H groups in total. The molecule has 0 saturated heterocycles. The molecule has 3 unspecified atom stereocenters. The van der Waals surface area contributed by atoms with Crippen LogP contribution in [0.2, 0.25) is 0 Å². The summed E-state index contributed by atoms with van der Waals surface area (Å²) in [6.07, 6.45) is -4.97. The maximum Gasteiger partial charge on any atom is 0.126 e. The van der Waals surface area contributed by atoms with Gasteiger partial charge in [0.1, 0.15) is 24.0 Å². The van der Waals surface area contributed by atoms with Crippen molar-refractivity contribution in [2.24, 2.45) is 5.16 Å². The lowest BCUT2D eigenvalue weighted by molar-refractivity contribution is -0.0570. The van der Waals surface area contributed by atoms with Gasteiger partial charge in [-0.1, -0.05) is 5.16 Å². The zero-order chi connectivity index (χ0) is 10.4. The van der Waals surface area contributed by atoms with Gasteiger partial charge in [-0.2, -0.15) is 0 Å². The molecule has 7 nitrogen and oxygen atoms in total. The summed E-state index contributed by atoms with van der Waals surface area (Å²) in [7, 11) is 0. The van der Waals surface area contributed by atoms with E-state index in [4.69, 9.17) is 30.7 Å². The van der Waals surface area contributed by atoms with Gasteiger partial charge in [-0.05, 0) is 0 Å². The van der Waals surface area contributed by atoms with Gasteiger partial charge in [0.2, 0.25) is 0 Å². The average Bonchev–Trinajstić information content (AvgIpc) is 2.17. The minimum absolute atomic E-state index is 0.486. The molecule has 0 spiro atoms. The zero-order valence-electron chi connectivity index (χ0n) is 6.78. The third-order valence-corrected chi connectivity index (χ3v) is 1.54. The van der Waals surface area contributed by atoms with Crippen LogP contribution in [0.25, 0.3) is 0 Å². The van der Waals surface area contributed by atoms with Crippen molar-refractivity contribution in [3.63, 3.8) is 0 Å². The van der Waals surface area contributed by atoms with E-state index in [0.29, 0.717) is 0 Å². The summed E-state index contributed by atoms with van der Waals surface area (Å²) in [6.45, 7) is -1.50. The van der Waals surface area contributed by atoms with E-state index < -0.39 is 37.2 Å². The molecule has 0 aliphatic heterocycles. The molecule has 7 heteroatoms. The lowest BCUT2D eigenvalue weighted by Gasteiger charge is -2.20. The van der Waals surface area contributed by atoms with Crippen LogP contribution in [0.1, 0.15) is 0 Å². The monoisotopic (exact) mass is 195 g/mol. The molecule has 0 aromatic carbocycles. The molecule has 3 atom stereocenters. The summed E-state index contributed by atoms with van der Waals surface area (Å²) in [5.41, 5.74) is -0.486. The fraction of sp³-hybridized carbons (Fsp3) is 0.833. The van der Waals surface area contributed by atoms with Crippen molar-refractivity contribution in [2.75, 3.05) is 13.2 Å². The molecule has 0 radical (unpaired) electrons. The standard InChI is InChI=1S/C6H13NO6/c8-1-3(7-13)5(11)6(12)4(10)2-9/h4-6,8-13H,1-2H2. The number of hydrogen-bond donors (Lipinski definition) is 6. The Morgan fingerprint density at radius 3 is 2.00 bits per heavy atom. The van der Waals surface area contributed by atoms with E-state index in [0.717, 1.165) is 0 Å². The Kier molecular flexibility index (Phi) is 5.51. The van der Waals surface area contributed by atoms with Crippen LogP contribution in [0.15, 0.2) is 5.16 Å². The van der Waals surface area contributed by atoms with Crippen LogP contribution in [0, 0.1) is 0 Å². The largest absolute Gasteiger partial charge is 0.411 e. The molecule has 0 aliphatic rings. The van der Waals surface area contributed by atoms with Gasteiger partial charge in [-0.25, -0.2) is 0 Å². The van der Waals surface area contributed by atoms with Crippen molar-refractivity contribution in [3.05, 3.63) is 0 Å². The zero-order valence-corrected chi connectivity index (χ0v) is 6.78. The number of nitrogens with zero attached hydrogens (tertiary/aromatic N) is 1. The van der Waals surface area contributed by atoms with Gasteiger partial charge >= 0.3 is 0 Å². The number of aliphatic hydroxyl groups is 5. The summed E-state index contributed by atoms with van der Waals surface area (Å²) < 4.78 is 0. The van der Waals surface area contributed by atoms with Crippen molar-refractivity contribution >= 4 is 5.71 Å². The fourth-order valence-corrected chi connectivity index (χ4v) is 0.700. The smallest absolute Gasteiger partial charge is 0.126 e. The Balaban J connectivity index is 4.31. The molecule has 0 aromatic heterocycles. The van der Waals surface area contributed by atoms with E-state index in [2.05, 4.69) is 5.16 Å². The van der Waals surface area contributed by atoms with Crippen LogP contribution in [-0.4, -0.2) is 68.0 Å². The lowest BCUT2D eigenvalue weighted by Crippen LogP contribution is -2.44. The Hall–Kier alpha value is -0.730. The molecule has 0 rings (SSSR count). The highest BCUT2D eigenvalue weighted by molar-refractivity contribution is 5.89. The number of aliphatic hydroxyl groups excluding tert-OH is 5. The average molecular weight is 195 g/mol. The first-order valence-corrected chi connectivity index (χ1v) is 3.55. The summed E-state index contributed by atoms with van der Waals surface area (Å²) in [6, 6.07) is 0. The van der Waals surface area contributed by atoms with E-state index in [1.807, 2.05) is 0 Å². The summed E-state index contributed by atoms with van der Waals surface area (Å²) in [5, 5.41) is 54.6. The molecule has 78 valence electrons. The van der Waals surface area contributed by atoms with Crippen molar-refractivity contribution in [1.82, 2.24) is 0 Å². The SMILES string of the molecule is OCC(=NO)C(O)C(O)C(O)CO. The molecule has 0 aliphatic carbocycles. The predicted octanol–water partition coefficient (Wildman–Crippen LogP) is -3.12. The lowest BCUT2D eigenvalue weighted by atomic mass is 10.0. The molecule has 0 aromatic rings. The third kappa shape index (κ3) is 3.25. The second-order valence-electron chi connectivity index (χ2n) is 2.43. The first-order valence-electron chi connectivity index (χ1n) is 3.55. The van der Waals surface area contributed by atoms with Gasteiger partial charge in [0, 0.05) is 0 Å². The molecule has 0 fully saturated rings. The topological polar surface area (TPSA) is 134 Å². The highest BCUT2D eigenvalue weighted by atomic mass is 16.4. The minimum Gasteiger partial charge on any atom is -0.411 e. The fourth-order valence-electron chi connectivity index (χ4n) is 0.700. The van der Waals surface area contributed by atoms with Crippen LogP contribution >= 0.6 is 0 Å². The van der Waals surface area contributed by atoms with Crippen molar-refractivity contribution < 1.29 is 30.7 Å². The normalized spacial score (nSPS) is 19.6. The summed E-state index contributed by atoms with van der Waals surface area (Å²) >= 11 is 0. The highest BCUT2D eigenvalue weighted by Gasteiger charge is 2.28. The highest BCUT2D eigenvalue weighted by Crippen LogP contribution is 2.02. The van der Waals surface area contributed by atoms with Gasteiger partial charge in [0.15, 0.2) is 0 Å². The second-order valence-corrected chi connectivity index (χ2v) is 2.43. The first-order chi connectivity index (χ1) is 6.08. The van der Waals surface area contributed by atoms with Crippen molar-refractivity contribution in [2.45, 2.75) is 18.3 Å². The Labute approximate surface area is 74.2 Å². The maximum absolute atomic E-state index is 9.11. The molecular formula is C6H13NO6. The molecular weight excluding hydrogens is 182 g/mol. The molecule has 13 heavy (non-hydrogen) atoms. The van der Waals surface area contributed by atoms with Crippen LogP contribution in [0.4, 0.5) is 0 Å². The molecule has 0 bridgehead atoms. The number of rotatable bonds is 5. The Morgan fingerprint density at radius 2 is 1.69 bits per heavy atom. The molecule has 0 heterocycles. The summed E-state index contributed by atoms with van der Waals surface area (Å²) in [4.78, 5) is 0. The quantitative estimate of drug-likeness (QED) is 0.156. The third-order valence-electron chi connectivity index (χ3n) is 1.54. The van der Waals surface area contributed by atoms with E-state index in [-0.39, 0.29) is 0 Å². The first kappa shape index (κ1) is 12.3. The second kappa shape index (κ2) is 5.84. The molecule has 0 amide bonds. The van der Waals surface area contributed by atoms with Crippen LogP contribution < -0.4 is 0 Å². The van der Waals surface area contributed by atoms with E-state index in [9.17, 15) is 0 Å². The van der Waals surface area contributed by atoms with Gasteiger partial charge in [-0.15, -0.1) is 0 Å². The van der Waals surface area contributed by atoms with Gasteiger partial charge < -0.3 is 30.7 Å². The Morgan fingerprint density at radius 1 is 1.15 bits per heavy atom.